The first-order chi connectivity index (χ1) is 9.80. The summed E-state index contributed by atoms with van der Waals surface area (Å²) in [6.45, 7) is 7.65. The molecule has 0 radical (unpaired) electrons. The highest BCUT2D eigenvalue weighted by Gasteiger charge is 2.27. The van der Waals surface area contributed by atoms with Crippen LogP contribution < -0.4 is 20.7 Å². The average molecular weight is 293 g/mol. The number of ether oxygens (including phenoxy) is 1. The van der Waals surface area contributed by atoms with Crippen LogP contribution in [0.3, 0.4) is 0 Å². The summed E-state index contributed by atoms with van der Waals surface area (Å²) in [7, 11) is 1.53. The van der Waals surface area contributed by atoms with Gasteiger partial charge < -0.3 is 20.7 Å². The summed E-state index contributed by atoms with van der Waals surface area (Å²) < 4.78 is 5.23. The second kappa shape index (κ2) is 7.08. The van der Waals surface area contributed by atoms with E-state index in [1.165, 1.54) is 14.0 Å². The molecule has 0 spiro atoms. The third kappa shape index (κ3) is 4.75. The fourth-order valence-electron chi connectivity index (χ4n) is 1.89. The minimum atomic E-state index is -0.705. The Labute approximate surface area is 125 Å². The van der Waals surface area contributed by atoms with Crippen LogP contribution in [0.5, 0.6) is 5.75 Å². The van der Waals surface area contributed by atoms with Crippen molar-refractivity contribution in [2.45, 2.75) is 33.2 Å². The van der Waals surface area contributed by atoms with Crippen LogP contribution in [0.25, 0.3) is 0 Å². The smallest absolute Gasteiger partial charge is 0.244 e. The standard InChI is InChI=1S/C15H23N3O3/c1-6-16-15(3,4)14(20)18-12-9-11(17-10(2)19)7-8-13(12)21-5/h7-9,16H,6H2,1-5H3,(H,17,19)(H,18,20). The van der Waals surface area contributed by atoms with Crippen molar-refractivity contribution in [3.8, 4) is 5.75 Å². The molecular weight excluding hydrogens is 270 g/mol. The second-order valence-electron chi connectivity index (χ2n) is 5.21. The maximum Gasteiger partial charge on any atom is 0.244 e. The predicted octanol–water partition coefficient (Wildman–Crippen LogP) is 1.98. The molecule has 3 N–H and O–H groups in total. The number of carbonyl (C=O) groups excluding carboxylic acids is 2. The molecular formula is C15H23N3O3. The summed E-state index contributed by atoms with van der Waals surface area (Å²) in [6.07, 6.45) is 0. The van der Waals surface area contributed by atoms with E-state index in [1.54, 1.807) is 32.0 Å². The van der Waals surface area contributed by atoms with Crippen molar-refractivity contribution < 1.29 is 14.3 Å². The lowest BCUT2D eigenvalue weighted by Gasteiger charge is -2.25. The van der Waals surface area contributed by atoms with Crippen molar-refractivity contribution in [2.75, 3.05) is 24.3 Å². The van der Waals surface area contributed by atoms with E-state index in [4.69, 9.17) is 4.74 Å². The molecule has 0 bridgehead atoms. The van der Waals surface area contributed by atoms with E-state index in [1.807, 2.05) is 6.92 Å². The van der Waals surface area contributed by atoms with E-state index in [0.717, 1.165) is 0 Å². The van der Waals surface area contributed by atoms with E-state index in [9.17, 15) is 9.59 Å². The second-order valence-corrected chi connectivity index (χ2v) is 5.21. The van der Waals surface area contributed by atoms with Crippen molar-refractivity contribution in [3.05, 3.63) is 18.2 Å². The van der Waals surface area contributed by atoms with Crippen molar-refractivity contribution in [1.29, 1.82) is 0 Å². The molecule has 0 saturated heterocycles. The molecule has 6 nitrogen and oxygen atoms in total. The number of hydrogen-bond donors (Lipinski definition) is 3. The largest absolute Gasteiger partial charge is 0.495 e. The quantitative estimate of drug-likeness (QED) is 0.749. The number of methoxy groups -OCH3 is 1. The zero-order valence-electron chi connectivity index (χ0n) is 13.2. The zero-order chi connectivity index (χ0) is 16.0. The number of rotatable bonds is 6. The van der Waals surface area contributed by atoms with E-state index >= 15 is 0 Å². The minimum absolute atomic E-state index is 0.176. The summed E-state index contributed by atoms with van der Waals surface area (Å²) in [6, 6.07) is 5.08. The average Bonchev–Trinajstić information content (AvgIpc) is 2.38. The molecule has 1 aromatic rings. The van der Waals surface area contributed by atoms with Crippen LogP contribution in [0.1, 0.15) is 27.7 Å². The molecule has 2 amide bonds. The fourth-order valence-corrected chi connectivity index (χ4v) is 1.89. The Bertz CT molecular complexity index is 527. The van der Waals surface area contributed by atoms with Crippen molar-refractivity contribution in [1.82, 2.24) is 5.32 Å². The maximum atomic E-state index is 12.3. The van der Waals surface area contributed by atoms with Crippen LogP contribution >= 0.6 is 0 Å². The van der Waals surface area contributed by atoms with Crippen LogP contribution in [-0.4, -0.2) is 31.0 Å². The lowest BCUT2D eigenvalue weighted by atomic mass is 10.0. The molecule has 21 heavy (non-hydrogen) atoms. The first-order valence-corrected chi connectivity index (χ1v) is 6.82. The topological polar surface area (TPSA) is 79.5 Å². The maximum absolute atomic E-state index is 12.3. The number of hydrogen-bond acceptors (Lipinski definition) is 4. The molecule has 0 aliphatic carbocycles. The van der Waals surface area contributed by atoms with E-state index < -0.39 is 5.54 Å². The molecule has 0 unspecified atom stereocenters. The molecule has 1 rings (SSSR count). The van der Waals surface area contributed by atoms with Gasteiger partial charge in [-0.15, -0.1) is 0 Å². The summed E-state index contributed by atoms with van der Waals surface area (Å²) >= 11 is 0. The molecule has 0 aliphatic heterocycles. The summed E-state index contributed by atoms with van der Waals surface area (Å²) in [5, 5.41) is 8.60. The Morgan fingerprint density at radius 3 is 2.43 bits per heavy atom. The molecule has 0 atom stereocenters. The van der Waals surface area contributed by atoms with Crippen LogP contribution in [-0.2, 0) is 9.59 Å². The van der Waals surface area contributed by atoms with E-state index in [0.29, 0.717) is 23.7 Å². The van der Waals surface area contributed by atoms with Crippen molar-refractivity contribution in [3.63, 3.8) is 0 Å². The lowest BCUT2D eigenvalue weighted by molar-refractivity contribution is -0.121. The van der Waals surface area contributed by atoms with E-state index in [2.05, 4.69) is 16.0 Å². The van der Waals surface area contributed by atoms with Crippen molar-refractivity contribution >= 4 is 23.2 Å². The van der Waals surface area contributed by atoms with Crippen LogP contribution in [0, 0.1) is 0 Å². The number of anilines is 2. The SMILES string of the molecule is CCNC(C)(C)C(=O)Nc1cc(NC(C)=O)ccc1OC. The highest BCUT2D eigenvalue weighted by Crippen LogP contribution is 2.28. The van der Waals surface area contributed by atoms with Gasteiger partial charge in [0, 0.05) is 12.6 Å². The summed E-state index contributed by atoms with van der Waals surface area (Å²) in [5.41, 5.74) is 0.406. The number of benzene rings is 1. The molecule has 0 aromatic heterocycles. The minimum Gasteiger partial charge on any atom is -0.495 e. The van der Waals surface area contributed by atoms with Crippen LogP contribution in [0.2, 0.25) is 0 Å². The van der Waals surface area contributed by atoms with Gasteiger partial charge in [0.25, 0.3) is 0 Å². The first-order valence-electron chi connectivity index (χ1n) is 6.82. The van der Waals surface area contributed by atoms with Gasteiger partial charge in [0.2, 0.25) is 11.8 Å². The fraction of sp³-hybridized carbons (Fsp3) is 0.467. The number of carbonyl (C=O) groups is 2. The van der Waals surface area contributed by atoms with E-state index in [-0.39, 0.29) is 11.8 Å². The van der Waals surface area contributed by atoms with Gasteiger partial charge in [-0.05, 0) is 38.6 Å². The predicted molar refractivity (Wildman–Crippen MR) is 83.7 cm³/mol. The number of amides is 2. The number of likely N-dealkylation sites (N-methyl/N-ethyl adjacent to an activating group) is 1. The Morgan fingerprint density at radius 1 is 1.24 bits per heavy atom. The zero-order valence-corrected chi connectivity index (χ0v) is 13.2. The van der Waals surface area contributed by atoms with Gasteiger partial charge in [-0.2, -0.15) is 0 Å². The third-order valence-corrected chi connectivity index (χ3v) is 2.95. The van der Waals surface area contributed by atoms with Gasteiger partial charge in [-0.1, -0.05) is 6.92 Å². The van der Waals surface area contributed by atoms with Gasteiger partial charge in [0.1, 0.15) is 5.75 Å². The molecule has 1 aromatic carbocycles. The Kier molecular flexibility index (Phi) is 5.72. The molecule has 0 heterocycles. The Morgan fingerprint density at radius 2 is 1.90 bits per heavy atom. The third-order valence-electron chi connectivity index (χ3n) is 2.95. The highest BCUT2D eigenvalue weighted by molar-refractivity contribution is 5.99. The molecule has 116 valence electrons. The monoisotopic (exact) mass is 293 g/mol. The molecule has 0 fully saturated rings. The van der Waals surface area contributed by atoms with Gasteiger partial charge >= 0.3 is 0 Å². The van der Waals surface area contributed by atoms with Gasteiger partial charge in [-0.25, -0.2) is 0 Å². The lowest BCUT2D eigenvalue weighted by Crippen LogP contribution is -2.49. The summed E-state index contributed by atoms with van der Waals surface area (Å²) in [5.74, 6) is 0.179. The van der Waals surface area contributed by atoms with Crippen LogP contribution in [0.15, 0.2) is 18.2 Å². The normalized spacial score (nSPS) is 10.9. The summed E-state index contributed by atoms with van der Waals surface area (Å²) in [4.78, 5) is 23.4. The van der Waals surface area contributed by atoms with Gasteiger partial charge in [0.05, 0.1) is 18.3 Å². The van der Waals surface area contributed by atoms with Gasteiger partial charge in [0.15, 0.2) is 0 Å². The highest BCUT2D eigenvalue weighted by atomic mass is 16.5. The number of nitrogens with one attached hydrogen (secondary N) is 3. The molecule has 6 heteroatoms. The van der Waals surface area contributed by atoms with Crippen molar-refractivity contribution in [2.24, 2.45) is 0 Å². The molecule has 0 saturated carbocycles. The van der Waals surface area contributed by atoms with Gasteiger partial charge in [-0.3, -0.25) is 9.59 Å². The first kappa shape index (κ1) is 17.0. The molecule has 0 aliphatic rings. The Balaban J connectivity index is 2.99. The van der Waals surface area contributed by atoms with Crippen LogP contribution in [0.4, 0.5) is 11.4 Å². The Hall–Kier alpha value is -2.08.